The number of hydrogen-bond acceptors (Lipinski definition) is 1. The summed E-state index contributed by atoms with van der Waals surface area (Å²) in [4.78, 5) is -0.816. The normalized spacial score (nSPS) is 15.8. The van der Waals surface area contributed by atoms with E-state index in [1.807, 2.05) is 0 Å². The molecule has 0 aromatic carbocycles. The van der Waals surface area contributed by atoms with Gasteiger partial charge in [0.25, 0.3) is 0 Å². The van der Waals surface area contributed by atoms with Gasteiger partial charge in [-0.15, -0.1) is 0 Å². The molecule has 0 aromatic rings. The average molecular weight is 302 g/mol. The van der Waals surface area contributed by atoms with Crippen molar-refractivity contribution in [1.29, 1.82) is 0 Å². The van der Waals surface area contributed by atoms with Crippen molar-refractivity contribution in [3.63, 3.8) is 0 Å². The van der Waals surface area contributed by atoms with Crippen molar-refractivity contribution in [3.05, 3.63) is 0 Å². The second-order valence-corrected chi connectivity index (χ2v) is 4.24. The highest BCUT2D eigenvalue weighted by Crippen LogP contribution is 2.27. The molecule has 0 radical (unpaired) electrons. The summed E-state index contributed by atoms with van der Waals surface area (Å²) < 4.78 is 71.1. The topological polar surface area (TPSA) is 3.24 Å². The van der Waals surface area contributed by atoms with Gasteiger partial charge in [0.2, 0.25) is 0 Å². The smallest absolute Gasteiger partial charge is 0.305 e. The fraction of sp³-hybridized carbons (Fsp3) is 1.00. The van der Waals surface area contributed by atoms with E-state index >= 15 is 0 Å². The number of alkyl halides is 7. The third-order valence-corrected chi connectivity index (χ3v) is 2.41. The molecule has 0 amide bonds. The lowest BCUT2D eigenvalue weighted by molar-refractivity contribution is -0.141. The molecule has 0 spiro atoms. The number of hydrogen-bond donors (Lipinski definition) is 0. The van der Waals surface area contributed by atoms with Gasteiger partial charge in [0.15, 0.2) is 0 Å². The van der Waals surface area contributed by atoms with Crippen LogP contribution in [0, 0.1) is 0 Å². The van der Waals surface area contributed by atoms with E-state index in [2.05, 4.69) is 15.9 Å². The Morgan fingerprint density at radius 3 is 1.93 bits per heavy atom. The molecular formula is C7H10BrF6N. The number of nitrogens with zero attached hydrogens (tertiary/aromatic N) is 1. The summed E-state index contributed by atoms with van der Waals surface area (Å²) in [6, 6.07) is 0. The Hall–Kier alpha value is 0.0200. The minimum Gasteiger partial charge on any atom is -0.305 e. The molecular weight excluding hydrogens is 292 g/mol. The first-order valence-corrected chi connectivity index (χ1v) is 4.90. The van der Waals surface area contributed by atoms with Crippen LogP contribution in [0.25, 0.3) is 0 Å². The lowest BCUT2D eigenvalue weighted by Crippen LogP contribution is -2.36. The first-order valence-electron chi connectivity index (χ1n) is 3.98. The fourth-order valence-electron chi connectivity index (χ4n) is 0.786. The van der Waals surface area contributed by atoms with E-state index in [0.29, 0.717) is 0 Å². The SMILES string of the molecule is CN(CCC(F)(F)F)CC(Br)C(F)(F)F. The van der Waals surface area contributed by atoms with Gasteiger partial charge < -0.3 is 4.90 Å². The van der Waals surface area contributed by atoms with Crippen molar-refractivity contribution < 1.29 is 26.3 Å². The average Bonchev–Trinajstić information content (AvgIpc) is 1.97. The quantitative estimate of drug-likeness (QED) is 0.569. The molecule has 0 heterocycles. The molecule has 92 valence electrons. The summed E-state index contributed by atoms with van der Waals surface area (Å²) in [5.74, 6) is 0. The van der Waals surface area contributed by atoms with E-state index in [9.17, 15) is 26.3 Å². The molecule has 1 atom stereocenters. The largest absolute Gasteiger partial charge is 0.402 e. The lowest BCUT2D eigenvalue weighted by Gasteiger charge is -2.22. The van der Waals surface area contributed by atoms with Gasteiger partial charge >= 0.3 is 12.4 Å². The molecule has 0 aromatic heterocycles. The summed E-state index contributed by atoms with van der Waals surface area (Å²) in [6.45, 7) is -0.943. The van der Waals surface area contributed by atoms with Crippen molar-refractivity contribution >= 4 is 15.9 Å². The molecule has 1 nitrogen and oxygen atoms in total. The van der Waals surface area contributed by atoms with Crippen LogP contribution in [0.3, 0.4) is 0 Å². The maximum absolute atomic E-state index is 12.0. The summed E-state index contributed by atoms with van der Waals surface area (Å²) in [5.41, 5.74) is 0. The van der Waals surface area contributed by atoms with Gasteiger partial charge in [-0.2, -0.15) is 26.3 Å². The van der Waals surface area contributed by atoms with Gasteiger partial charge in [0.1, 0.15) is 4.83 Å². The van der Waals surface area contributed by atoms with Gasteiger partial charge in [-0.05, 0) is 7.05 Å². The molecule has 0 saturated carbocycles. The van der Waals surface area contributed by atoms with E-state index in [4.69, 9.17) is 0 Å². The van der Waals surface area contributed by atoms with Crippen molar-refractivity contribution in [1.82, 2.24) is 4.90 Å². The Morgan fingerprint density at radius 2 is 1.60 bits per heavy atom. The fourth-order valence-corrected chi connectivity index (χ4v) is 1.28. The van der Waals surface area contributed by atoms with E-state index < -0.39 is 36.7 Å². The van der Waals surface area contributed by atoms with Crippen molar-refractivity contribution in [2.45, 2.75) is 23.6 Å². The molecule has 0 aliphatic rings. The molecule has 8 heteroatoms. The second-order valence-electron chi connectivity index (χ2n) is 3.14. The van der Waals surface area contributed by atoms with Crippen molar-refractivity contribution in [2.75, 3.05) is 20.1 Å². The number of rotatable bonds is 4. The summed E-state index contributed by atoms with van der Waals surface area (Å²) in [7, 11) is 1.21. The Morgan fingerprint density at radius 1 is 1.13 bits per heavy atom. The summed E-state index contributed by atoms with van der Waals surface area (Å²) >= 11 is 2.37. The Kier molecular flexibility index (Phi) is 5.39. The Labute approximate surface area is 91.5 Å². The molecule has 0 saturated heterocycles. The second kappa shape index (κ2) is 5.38. The van der Waals surface area contributed by atoms with Gasteiger partial charge in [0, 0.05) is 13.1 Å². The van der Waals surface area contributed by atoms with Gasteiger partial charge in [-0.3, -0.25) is 0 Å². The monoisotopic (exact) mass is 301 g/mol. The minimum absolute atomic E-state index is 0.443. The van der Waals surface area contributed by atoms with E-state index in [0.717, 1.165) is 4.90 Å². The van der Waals surface area contributed by atoms with Crippen LogP contribution < -0.4 is 0 Å². The van der Waals surface area contributed by atoms with E-state index in [-0.39, 0.29) is 0 Å². The van der Waals surface area contributed by atoms with Gasteiger partial charge in [-0.25, -0.2) is 0 Å². The third-order valence-electron chi connectivity index (χ3n) is 1.60. The molecule has 0 fully saturated rings. The van der Waals surface area contributed by atoms with Crippen LogP contribution in [0.1, 0.15) is 6.42 Å². The van der Waals surface area contributed by atoms with Crippen LogP contribution in [-0.2, 0) is 0 Å². The molecule has 0 rings (SSSR count). The molecule has 1 unspecified atom stereocenters. The molecule has 0 bridgehead atoms. The predicted molar refractivity (Wildman–Crippen MR) is 46.9 cm³/mol. The highest BCUT2D eigenvalue weighted by molar-refractivity contribution is 9.09. The zero-order valence-electron chi connectivity index (χ0n) is 7.79. The first-order chi connectivity index (χ1) is 6.52. The van der Waals surface area contributed by atoms with E-state index in [1.54, 1.807) is 0 Å². The summed E-state index contributed by atoms with van der Waals surface area (Å²) in [5, 5.41) is 0. The van der Waals surface area contributed by atoms with Crippen LogP contribution in [0.4, 0.5) is 26.3 Å². The van der Waals surface area contributed by atoms with Crippen molar-refractivity contribution in [3.8, 4) is 0 Å². The van der Waals surface area contributed by atoms with Crippen molar-refractivity contribution in [2.24, 2.45) is 0 Å². The van der Waals surface area contributed by atoms with Crippen LogP contribution in [0.15, 0.2) is 0 Å². The molecule has 0 N–H and O–H groups in total. The van der Waals surface area contributed by atoms with Crippen LogP contribution in [0.2, 0.25) is 0 Å². The molecule has 15 heavy (non-hydrogen) atoms. The Balaban J connectivity index is 3.89. The highest BCUT2D eigenvalue weighted by Gasteiger charge is 2.38. The standard InChI is InChI=1S/C7H10BrF6N/c1-15(3-2-6(9,10)11)4-5(8)7(12,13)14/h5H,2-4H2,1H3. The molecule has 0 aliphatic heterocycles. The number of halogens is 7. The van der Waals surface area contributed by atoms with Crippen LogP contribution >= 0.6 is 15.9 Å². The Bertz CT molecular complexity index is 189. The maximum Gasteiger partial charge on any atom is 0.402 e. The van der Waals surface area contributed by atoms with Gasteiger partial charge in [-0.1, -0.05) is 15.9 Å². The minimum atomic E-state index is -4.44. The highest BCUT2D eigenvalue weighted by atomic mass is 79.9. The first kappa shape index (κ1) is 15.0. The maximum atomic E-state index is 12.0. The summed E-state index contributed by atoms with van der Waals surface area (Å²) in [6.07, 6.45) is -9.89. The van der Waals surface area contributed by atoms with Crippen LogP contribution in [-0.4, -0.2) is 42.2 Å². The van der Waals surface area contributed by atoms with Gasteiger partial charge in [0.05, 0.1) is 6.42 Å². The zero-order valence-corrected chi connectivity index (χ0v) is 9.38. The van der Waals surface area contributed by atoms with E-state index in [1.165, 1.54) is 7.05 Å². The lowest BCUT2D eigenvalue weighted by atomic mass is 10.3. The van der Waals surface area contributed by atoms with Crippen LogP contribution in [0.5, 0.6) is 0 Å². The zero-order chi connectivity index (χ0) is 12.3. The molecule has 0 aliphatic carbocycles. The third kappa shape index (κ3) is 7.89. The predicted octanol–water partition coefficient (Wildman–Crippen LogP) is 3.20.